The fraction of sp³-hybridized carbons (Fsp3) is 0.583. The van der Waals surface area contributed by atoms with Crippen LogP contribution in [-0.2, 0) is 16.6 Å². The highest BCUT2D eigenvalue weighted by molar-refractivity contribution is 5.85. The number of nitrogens with zero attached hydrogens (tertiary/aromatic N) is 1. The molecule has 0 aliphatic carbocycles. The predicted molar refractivity (Wildman–Crippen MR) is 117 cm³/mol. The Hall–Kier alpha value is -2.30. The predicted octanol–water partition coefficient (Wildman–Crippen LogP) is 5.24. The molecule has 2 aromatic rings. The van der Waals surface area contributed by atoms with Crippen LogP contribution in [0.4, 0.5) is 0 Å². The van der Waals surface area contributed by atoms with Crippen molar-refractivity contribution in [2.75, 3.05) is 13.2 Å². The van der Waals surface area contributed by atoms with Gasteiger partial charge in [-0.1, -0.05) is 44.2 Å². The maximum Gasteiger partial charge on any atom is 0.311 e. The zero-order valence-corrected chi connectivity index (χ0v) is 18.3. The number of carbonyl (C=O) groups is 1. The Balaban J connectivity index is 1.57. The minimum atomic E-state index is -0.416. The first-order chi connectivity index (χ1) is 13.8. The number of aromatic nitrogens is 1. The SMILES string of the molecule is Cn1c(=O)cc(OCCCCCCCCCOC(=O)C(C)(C)C)c2ccccc21. The van der Waals surface area contributed by atoms with Gasteiger partial charge in [0.1, 0.15) is 5.75 Å². The Labute approximate surface area is 174 Å². The number of rotatable bonds is 11. The van der Waals surface area contributed by atoms with E-state index >= 15 is 0 Å². The van der Waals surface area contributed by atoms with Crippen molar-refractivity contribution in [1.82, 2.24) is 4.57 Å². The van der Waals surface area contributed by atoms with E-state index < -0.39 is 5.41 Å². The summed E-state index contributed by atoms with van der Waals surface area (Å²) in [6, 6.07) is 9.40. The number of esters is 1. The second-order valence-corrected chi connectivity index (χ2v) is 8.63. The molecule has 0 fully saturated rings. The average molecular weight is 402 g/mol. The summed E-state index contributed by atoms with van der Waals surface area (Å²) in [6.45, 7) is 6.77. The zero-order chi connectivity index (χ0) is 21.3. The first-order valence-corrected chi connectivity index (χ1v) is 10.7. The van der Waals surface area contributed by atoms with Gasteiger partial charge in [-0.2, -0.15) is 0 Å². The van der Waals surface area contributed by atoms with E-state index in [1.807, 2.05) is 45.0 Å². The number of fused-ring (bicyclic) bond motifs is 1. The third-order valence-corrected chi connectivity index (χ3v) is 5.01. The van der Waals surface area contributed by atoms with Crippen LogP contribution in [0.25, 0.3) is 10.9 Å². The quantitative estimate of drug-likeness (QED) is 0.382. The van der Waals surface area contributed by atoms with Gasteiger partial charge < -0.3 is 14.0 Å². The number of carbonyl (C=O) groups excluding carboxylic acids is 1. The van der Waals surface area contributed by atoms with E-state index in [9.17, 15) is 9.59 Å². The average Bonchev–Trinajstić information content (AvgIpc) is 2.68. The Morgan fingerprint density at radius 1 is 0.931 bits per heavy atom. The number of hydrogen-bond acceptors (Lipinski definition) is 4. The molecule has 160 valence electrons. The van der Waals surface area contributed by atoms with Crippen LogP contribution in [0.5, 0.6) is 5.75 Å². The van der Waals surface area contributed by atoms with E-state index in [4.69, 9.17) is 9.47 Å². The fourth-order valence-corrected chi connectivity index (χ4v) is 3.15. The molecule has 0 aliphatic heterocycles. The molecule has 2 rings (SSSR count). The minimum Gasteiger partial charge on any atom is -0.493 e. The molecule has 0 radical (unpaired) electrons. The molecule has 5 heteroatoms. The molecule has 0 unspecified atom stereocenters. The standard InChI is InChI=1S/C24H35NO4/c1-24(2,3)23(27)29-17-13-9-7-5-6-8-12-16-28-21-18-22(26)25(4)20-15-11-10-14-19(20)21/h10-11,14-15,18H,5-9,12-13,16-17H2,1-4H3. The molecular weight excluding hydrogens is 366 g/mol. The molecule has 0 bridgehead atoms. The molecule has 1 aromatic carbocycles. The first-order valence-electron chi connectivity index (χ1n) is 10.7. The van der Waals surface area contributed by atoms with Crippen LogP contribution < -0.4 is 10.3 Å². The second kappa shape index (κ2) is 11.0. The fourth-order valence-electron chi connectivity index (χ4n) is 3.15. The van der Waals surface area contributed by atoms with E-state index in [-0.39, 0.29) is 11.5 Å². The number of pyridine rings is 1. The molecule has 5 nitrogen and oxygen atoms in total. The van der Waals surface area contributed by atoms with Crippen LogP contribution in [0.15, 0.2) is 35.1 Å². The lowest BCUT2D eigenvalue weighted by molar-refractivity contribution is -0.153. The van der Waals surface area contributed by atoms with Crippen molar-refractivity contribution >= 4 is 16.9 Å². The number of hydrogen-bond donors (Lipinski definition) is 0. The third-order valence-electron chi connectivity index (χ3n) is 5.01. The lowest BCUT2D eigenvalue weighted by atomic mass is 9.97. The molecule has 0 aliphatic rings. The van der Waals surface area contributed by atoms with Crippen molar-refractivity contribution in [3.63, 3.8) is 0 Å². The van der Waals surface area contributed by atoms with Gasteiger partial charge in [0.05, 0.1) is 24.1 Å². The molecule has 0 spiro atoms. The largest absolute Gasteiger partial charge is 0.493 e. The highest BCUT2D eigenvalue weighted by Crippen LogP contribution is 2.23. The highest BCUT2D eigenvalue weighted by Gasteiger charge is 2.22. The van der Waals surface area contributed by atoms with Crippen molar-refractivity contribution < 1.29 is 14.3 Å². The Morgan fingerprint density at radius 3 is 2.17 bits per heavy atom. The van der Waals surface area contributed by atoms with Crippen molar-refractivity contribution in [1.29, 1.82) is 0 Å². The molecule has 29 heavy (non-hydrogen) atoms. The van der Waals surface area contributed by atoms with Gasteiger partial charge in [0.25, 0.3) is 5.56 Å². The van der Waals surface area contributed by atoms with Crippen LogP contribution in [0.2, 0.25) is 0 Å². The molecule has 0 saturated carbocycles. The summed E-state index contributed by atoms with van der Waals surface area (Å²) < 4.78 is 12.8. The van der Waals surface area contributed by atoms with Gasteiger partial charge in [0.15, 0.2) is 0 Å². The van der Waals surface area contributed by atoms with Crippen molar-refractivity contribution in [3.05, 3.63) is 40.7 Å². The van der Waals surface area contributed by atoms with Gasteiger partial charge >= 0.3 is 5.97 Å². The van der Waals surface area contributed by atoms with Gasteiger partial charge in [-0.05, 0) is 45.7 Å². The smallest absolute Gasteiger partial charge is 0.311 e. The summed E-state index contributed by atoms with van der Waals surface area (Å²) in [6.07, 6.45) is 7.63. The summed E-state index contributed by atoms with van der Waals surface area (Å²) in [4.78, 5) is 23.7. The van der Waals surface area contributed by atoms with Crippen LogP contribution in [0, 0.1) is 5.41 Å². The van der Waals surface area contributed by atoms with E-state index in [0.29, 0.717) is 19.0 Å². The molecule has 0 atom stereocenters. The van der Waals surface area contributed by atoms with E-state index in [2.05, 4.69) is 0 Å². The van der Waals surface area contributed by atoms with Gasteiger partial charge in [-0.25, -0.2) is 0 Å². The molecule has 0 amide bonds. The summed E-state index contributed by atoms with van der Waals surface area (Å²) >= 11 is 0. The Morgan fingerprint density at radius 2 is 1.52 bits per heavy atom. The van der Waals surface area contributed by atoms with E-state index in [0.717, 1.165) is 43.0 Å². The zero-order valence-electron chi connectivity index (χ0n) is 18.3. The minimum absolute atomic E-state index is 0.0492. The van der Waals surface area contributed by atoms with Gasteiger partial charge in [0.2, 0.25) is 0 Å². The number of para-hydroxylation sites is 1. The van der Waals surface area contributed by atoms with Crippen LogP contribution in [0.3, 0.4) is 0 Å². The number of benzene rings is 1. The van der Waals surface area contributed by atoms with Gasteiger partial charge in [0, 0.05) is 18.5 Å². The summed E-state index contributed by atoms with van der Waals surface area (Å²) in [5, 5.41) is 0.974. The maximum atomic E-state index is 12.1. The Kier molecular flexibility index (Phi) is 8.74. The van der Waals surface area contributed by atoms with Crippen LogP contribution in [-0.4, -0.2) is 23.8 Å². The lowest BCUT2D eigenvalue weighted by Gasteiger charge is -2.16. The first kappa shape index (κ1) is 23.0. The summed E-state index contributed by atoms with van der Waals surface area (Å²) in [7, 11) is 1.78. The Bertz CT molecular complexity index is 848. The highest BCUT2D eigenvalue weighted by atomic mass is 16.5. The lowest BCUT2D eigenvalue weighted by Crippen LogP contribution is -2.23. The molecule has 0 saturated heterocycles. The topological polar surface area (TPSA) is 57.5 Å². The van der Waals surface area contributed by atoms with E-state index in [1.165, 1.54) is 12.8 Å². The molecular formula is C24H35NO4. The van der Waals surface area contributed by atoms with Crippen molar-refractivity contribution in [3.8, 4) is 5.75 Å². The van der Waals surface area contributed by atoms with Crippen molar-refractivity contribution in [2.24, 2.45) is 12.5 Å². The monoisotopic (exact) mass is 401 g/mol. The van der Waals surface area contributed by atoms with Crippen LogP contribution >= 0.6 is 0 Å². The number of aryl methyl sites for hydroxylation is 1. The summed E-state index contributed by atoms with van der Waals surface area (Å²) in [5.41, 5.74) is 0.427. The normalized spacial score (nSPS) is 11.6. The van der Waals surface area contributed by atoms with Gasteiger partial charge in [-0.15, -0.1) is 0 Å². The maximum absolute atomic E-state index is 12.1. The third kappa shape index (κ3) is 7.22. The van der Waals surface area contributed by atoms with Crippen LogP contribution in [0.1, 0.15) is 65.7 Å². The molecule has 0 N–H and O–H groups in total. The van der Waals surface area contributed by atoms with Gasteiger partial charge in [-0.3, -0.25) is 9.59 Å². The second-order valence-electron chi connectivity index (χ2n) is 8.63. The number of ether oxygens (including phenoxy) is 2. The number of unbranched alkanes of at least 4 members (excludes halogenated alkanes) is 6. The molecule has 1 heterocycles. The molecule has 1 aromatic heterocycles. The summed E-state index contributed by atoms with van der Waals surface area (Å²) in [5.74, 6) is 0.551. The van der Waals surface area contributed by atoms with Crippen molar-refractivity contribution in [2.45, 2.75) is 65.7 Å². The van der Waals surface area contributed by atoms with E-state index in [1.54, 1.807) is 17.7 Å².